The van der Waals surface area contributed by atoms with Gasteiger partial charge in [0.25, 0.3) is 0 Å². The molecule has 2 N–H and O–H groups in total. The number of hydrogen-bond acceptors (Lipinski definition) is 3. The number of nitrogens with zero attached hydrogens (tertiary/aromatic N) is 2. The van der Waals surface area contributed by atoms with Crippen molar-refractivity contribution in [3.63, 3.8) is 0 Å². The van der Waals surface area contributed by atoms with Crippen LogP contribution in [0.3, 0.4) is 0 Å². The van der Waals surface area contributed by atoms with Gasteiger partial charge < -0.3 is 14.6 Å². The summed E-state index contributed by atoms with van der Waals surface area (Å²) < 4.78 is 52.6. The third-order valence-electron chi connectivity index (χ3n) is 3.98. The molecule has 8 heteroatoms. The molecule has 2 aromatic heterocycles. The van der Waals surface area contributed by atoms with Gasteiger partial charge in [-0.25, -0.2) is 9.37 Å². The molecule has 0 amide bonds. The van der Waals surface area contributed by atoms with E-state index < -0.39 is 29.9 Å². The van der Waals surface area contributed by atoms with E-state index in [2.05, 4.69) is 4.98 Å². The Bertz CT molecular complexity index is 925. The van der Waals surface area contributed by atoms with Gasteiger partial charge in [0.1, 0.15) is 23.0 Å². The van der Waals surface area contributed by atoms with Crippen molar-refractivity contribution in [3.05, 3.63) is 47.7 Å². The normalized spacial score (nSPS) is 12.0. The van der Waals surface area contributed by atoms with E-state index in [1.807, 2.05) is 0 Å². The second kappa shape index (κ2) is 5.94. The molecule has 132 valence electrons. The lowest BCUT2D eigenvalue weighted by Crippen LogP contribution is -2.08. The number of phenolic OH excluding ortho intramolecular Hbond substituents is 2. The van der Waals surface area contributed by atoms with Crippen LogP contribution in [0.25, 0.3) is 16.8 Å². The first-order valence-corrected chi connectivity index (χ1v) is 7.41. The Morgan fingerprint density at radius 3 is 2.36 bits per heavy atom. The van der Waals surface area contributed by atoms with Crippen LogP contribution < -0.4 is 0 Å². The fraction of sp³-hybridized carbons (Fsp3) is 0.235. The molecule has 0 aliphatic heterocycles. The minimum absolute atomic E-state index is 0.0658. The first kappa shape index (κ1) is 17.1. The molecule has 2 heterocycles. The van der Waals surface area contributed by atoms with Gasteiger partial charge in [0, 0.05) is 30.6 Å². The predicted molar refractivity (Wildman–Crippen MR) is 83.0 cm³/mol. The van der Waals surface area contributed by atoms with Crippen LogP contribution in [0.15, 0.2) is 30.7 Å². The molecule has 0 unspecified atom stereocenters. The zero-order valence-electron chi connectivity index (χ0n) is 13.1. The third-order valence-corrected chi connectivity index (χ3v) is 3.98. The summed E-state index contributed by atoms with van der Waals surface area (Å²) >= 11 is 0. The highest BCUT2D eigenvalue weighted by atomic mass is 19.4. The number of aromatic hydroxyl groups is 2. The summed E-state index contributed by atoms with van der Waals surface area (Å²) in [4.78, 5) is 4.10. The molecular weight excluding hydrogens is 340 g/mol. The highest BCUT2D eigenvalue weighted by Gasteiger charge is 2.27. The van der Waals surface area contributed by atoms with Gasteiger partial charge in [-0.15, -0.1) is 0 Å². The fourth-order valence-electron chi connectivity index (χ4n) is 2.77. The molecule has 0 bridgehead atoms. The number of aromatic nitrogens is 2. The number of hydrogen-bond donors (Lipinski definition) is 2. The van der Waals surface area contributed by atoms with E-state index in [1.54, 1.807) is 0 Å². The van der Waals surface area contributed by atoms with Crippen LogP contribution in [0.5, 0.6) is 11.5 Å². The Balaban J connectivity index is 2.13. The molecule has 1 aromatic carbocycles. The Hall–Kier alpha value is -2.77. The van der Waals surface area contributed by atoms with Gasteiger partial charge in [-0.1, -0.05) is 0 Å². The van der Waals surface area contributed by atoms with Gasteiger partial charge in [0.2, 0.25) is 0 Å². The number of fused-ring (bicyclic) bond motifs is 1. The standard InChI is InChI=1S/C17H14F4N2O2/c1-9-11(18)8-23-5-4-22-16(23)14(9)15-12(24)6-10(7-13(15)25)2-3-17(19,20)21/h4-8,24-25H,2-3H2,1H3. The zero-order chi connectivity index (χ0) is 18.4. The lowest BCUT2D eigenvalue weighted by molar-refractivity contribution is -0.134. The number of aryl methyl sites for hydroxylation is 1. The van der Waals surface area contributed by atoms with Crippen molar-refractivity contribution < 1.29 is 27.8 Å². The van der Waals surface area contributed by atoms with Crippen molar-refractivity contribution in [3.8, 4) is 22.6 Å². The largest absolute Gasteiger partial charge is 0.507 e. The van der Waals surface area contributed by atoms with Gasteiger partial charge in [-0.2, -0.15) is 13.2 Å². The highest BCUT2D eigenvalue weighted by Crippen LogP contribution is 2.42. The molecule has 0 saturated heterocycles. The number of halogens is 4. The summed E-state index contributed by atoms with van der Waals surface area (Å²) in [5.41, 5.74) is 0.718. The molecule has 4 nitrogen and oxygen atoms in total. The van der Waals surface area contributed by atoms with Gasteiger partial charge in [0.15, 0.2) is 0 Å². The maximum Gasteiger partial charge on any atom is 0.389 e. The zero-order valence-corrected chi connectivity index (χ0v) is 13.1. The summed E-state index contributed by atoms with van der Waals surface area (Å²) in [6, 6.07) is 2.29. The van der Waals surface area contributed by atoms with Gasteiger partial charge in [0.05, 0.1) is 5.56 Å². The molecule has 0 spiro atoms. The van der Waals surface area contributed by atoms with Gasteiger partial charge >= 0.3 is 6.18 Å². The second-order valence-corrected chi connectivity index (χ2v) is 5.76. The van der Waals surface area contributed by atoms with Crippen LogP contribution in [-0.2, 0) is 6.42 Å². The first-order valence-electron chi connectivity index (χ1n) is 7.41. The van der Waals surface area contributed by atoms with Crippen LogP contribution in [0, 0.1) is 12.7 Å². The number of imidazole rings is 1. The van der Waals surface area contributed by atoms with Crippen molar-refractivity contribution in [1.29, 1.82) is 0 Å². The smallest absolute Gasteiger partial charge is 0.389 e. The number of phenols is 2. The highest BCUT2D eigenvalue weighted by molar-refractivity contribution is 5.88. The Labute approximate surface area is 140 Å². The van der Waals surface area contributed by atoms with Crippen LogP contribution in [0.4, 0.5) is 17.6 Å². The predicted octanol–water partition coefficient (Wildman–Crippen LogP) is 4.35. The van der Waals surface area contributed by atoms with Crippen LogP contribution >= 0.6 is 0 Å². The molecule has 3 aromatic rings. The lowest BCUT2D eigenvalue weighted by atomic mass is 9.97. The summed E-state index contributed by atoms with van der Waals surface area (Å²) in [7, 11) is 0. The summed E-state index contributed by atoms with van der Waals surface area (Å²) in [5.74, 6) is -1.44. The van der Waals surface area contributed by atoms with Crippen molar-refractivity contribution in [1.82, 2.24) is 9.38 Å². The van der Waals surface area contributed by atoms with Crippen molar-refractivity contribution in [2.24, 2.45) is 0 Å². The molecule has 0 aliphatic carbocycles. The monoisotopic (exact) mass is 354 g/mol. The van der Waals surface area contributed by atoms with Crippen molar-refractivity contribution in [2.45, 2.75) is 25.9 Å². The minimum atomic E-state index is -4.34. The first-order chi connectivity index (χ1) is 11.7. The minimum Gasteiger partial charge on any atom is -0.507 e. The van der Waals surface area contributed by atoms with Crippen molar-refractivity contribution >= 4 is 5.65 Å². The Kier molecular flexibility index (Phi) is 4.06. The fourth-order valence-corrected chi connectivity index (χ4v) is 2.77. The van der Waals surface area contributed by atoms with Gasteiger partial charge in [-0.3, -0.25) is 0 Å². The van der Waals surface area contributed by atoms with E-state index in [1.165, 1.54) is 29.9 Å². The average Bonchev–Trinajstić information content (AvgIpc) is 2.95. The van der Waals surface area contributed by atoms with Crippen LogP contribution in [-0.4, -0.2) is 25.8 Å². The van der Waals surface area contributed by atoms with E-state index >= 15 is 0 Å². The number of pyridine rings is 1. The number of rotatable bonds is 3. The number of alkyl halides is 3. The molecular formula is C17H14F4N2O2. The maximum atomic E-state index is 14.1. The third kappa shape index (κ3) is 3.24. The molecule has 3 rings (SSSR count). The Morgan fingerprint density at radius 1 is 1.12 bits per heavy atom. The van der Waals surface area contributed by atoms with Crippen LogP contribution in [0.2, 0.25) is 0 Å². The van der Waals surface area contributed by atoms with E-state index in [4.69, 9.17) is 0 Å². The second-order valence-electron chi connectivity index (χ2n) is 5.76. The average molecular weight is 354 g/mol. The molecule has 0 aliphatic rings. The van der Waals surface area contributed by atoms with E-state index in [0.29, 0.717) is 5.65 Å². The number of benzene rings is 1. The molecule has 0 atom stereocenters. The maximum absolute atomic E-state index is 14.1. The molecule has 0 saturated carbocycles. The van der Waals surface area contributed by atoms with Gasteiger partial charge in [-0.05, 0) is 36.6 Å². The summed E-state index contributed by atoms with van der Waals surface area (Å²) in [6.45, 7) is 1.47. The van der Waals surface area contributed by atoms with Crippen molar-refractivity contribution in [2.75, 3.05) is 0 Å². The lowest BCUT2D eigenvalue weighted by Gasteiger charge is -2.14. The summed E-state index contributed by atoms with van der Waals surface area (Å²) in [5, 5.41) is 20.5. The quantitative estimate of drug-likeness (QED) is 0.688. The molecule has 0 radical (unpaired) electrons. The van der Waals surface area contributed by atoms with Crippen LogP contribution in [0.1, 0.15) is 17.5 Å². The van der Waals surface area contributed by atoms with E-state index in [0.717, 1.165) is 12.1 Å². The molecule has 25 heavy (non-hydrogen) atoms. The molecule has 0 fully saturated rings. The van der Waals surface area contributed by atoms with E-state index in [-0.39, 0.29) is 28.7 Å². The van der Waals surface area contributed by atoms with E-state index in [9.17, 15) is 27.8 Å². The Morgan fingerprint density at radius 2 is 1.76 bits per heavy atom. The SMILES string of the molecule is Cc1c(F)cn2ccnc2c1-c1c(O)cc(CCC(F)(F)F)cc1O. The topological polar surface area (TPSA) is 57.8 Å². The summed E-state index contributed by atoms with van der Waals surface area (Å²) in [6.07, 6.45) is -1.64.